The van der Waals surface area contributed by atoms with Crippen LogP contribution >= 0.6 is 34.5 Å². The summed E-state index contributed by atoms with van der Waals surface area (Å²) in [6, 6.07) is 11.4. The zero-order valence-corrected chi connectivity index (χ0v) is 11.9. The van der Waals surface area contributed by atoms with E-state index < -0.39 is 0 Å². The molecule has 0 saturated carbocycles. The Morgan fingerprint density at radius 2 is 1.89 bits per heavy atom. The molecule has 0 fully saturated rings. The third-order valence-electron chi connectivity index (χ3n) is 2.68. The summed E-state index contributed by atoms with van der Waals surface area (Å²) in [6.45, 7) is 0. The van der Waals surface area contributed by atoms with Crippen molar-refractivity contribution in [1.82, 2.24) is 5.16 Å². The standard InChI is InChI=1S/C13H8Cl2N2OS/c14-9-6-8(12(15)19-9)11-10(13(16)17-18-11)7-4-2-1-3-5-7/h1-6H,(H2,16,17). The summed E-state index contributed by atoms with van der Waals surface area (Å²) in [7, 11) is 0. The SMILES string of the molecule is Nc1noc(-c2cc(Cl)sc2Cl)c1-c1ccccc1. The summed E-state index contributed by atoms with van der Waals surface area (Å²) in [5, 5.41) is 3.83. The Bertz CT molecular complexity index is 722. The van der Waals surface area contributed by atoms with E-state index in [1.54, 1.807) is 6.07 Å². The first-order valence-corrected chi connectivity index (χ1v) is 7.00. The molecule has 0 spiro atoms. The van der Waals surface area contributed by atoms with E-state index in [-0.39, 0.29) is 0 Å². The lowest BCUT2D eigenvalue weighted by atomic mass is 10.0. The first-order chi connectivity index (χ1) is 9.16. The third-order valence-corrected chi connectivity index (χ3v) is 4.17. The van der Waals surface area contributed by atoms with Crippen LogP contribution in [0.5, 0.6) is 0 Å². The van der Waals surface area contributed by atoms with E-state index in [0.717, 1.165) is 11.1 Å². The van der Waals surface area contributed by atoms with Gasteiger partial charge < -0.3 is 10.3 Å². The van der Waals surface area contributed by atoms with E-state index in [9.17, 15) is 0 Å². The number of rotatable bonds is 2. The molecule has 2 N–H and O–H groups in total. The van der Waals surface area contributed by atoms with Crippen LogP contribution in [0.3, 0.4) is 0 Å². The Morgan fingerprint density at radius 1 is 1.16 bits per heavy atom. The number of anilines is 1. The van der Waals surface area contributed by atoms with Gasteiger partial charge in [0.15, 0.2) is 11.6 Å². The van der Waals surface area contributed by atoms with Gasteiger partial charge in [0.05, 0.1) is 15.5 Å². The number of halogens is 2. The summed E-state index contributed by atoms with van der Waals surface area (Å²) < 4.78 is 6.46. The minimum absolute atomic E-state index is 0.333. The molecule has 3 nitrogen and oxygen atoms in total. The highest BCUT2D eigenvalue weighted by Gasteiger charge is 2.21. The predicted octanol–water partition coefficient (Wildman–Crippen LogP) is 4.96. The monoisotopic (exact) mass is 310 g/mol. The maximum atomic E-state index is 6.15. The first kappa shape index (κ1) is 12.5. The van der Waals surface area contributed by atoms with Gasteiger partial charge in [-0.2, -0.15) is 0 Å². The molecule has 0 amide bonds. The molecule has 6 heteroatoms. The third kappa shape index (κ3) is 2.23. The lowest BCUT2D eigenvalue weighted by molar-refractivity contribution is 0.436. The van der Waals surface area contributed by atoms with Crippen LogP contribution in [-0.4, -0.2) is 5.16 Å². The molecule has 0 saturated heterocycles. The molecule has 0 aliphatic heterocycles. The highest BCUT2D eigenvalue weighted by Crippen LogP contribution is 2.43. The minimum Gasteiger partial charge on any atom is -0.380 e. The van der Waals surface area contributed by atoms with Crippen LogP contribution < -0.4 is 5.73 Å². The average molecular weight is 311 g/mol. The van der Waals surface area contributed by atoms with Crippen molar-refractivity contribution in [2.75, 3.05) is 5.73 Å². The number of aromatic nitrogens is 1. The van der Waals surface area contributed by atoms with Crippen LogP contribution in [-0.2, 0) is 0 Å². The maximum absolute atomic E-state index is 6.15. The Morgan fingerprint density at radius 3 is 2.53 bits per heavy atom. The van der Waals surface area contributed by atoms with Crippen LogP contribution in [0.25, 0.3) is 22.5 Å². The predicted molar refractivity (Wildman–Crippen MR) is 79.7 cm³/mol. The van der Waals surface area contributed by atoms with E-state index in [0.29, 0.717) is 25.8 Å². The molecule has 19 heavy (non-hydrogen) atoms. The van der Waals surface area contributed by atoms with Gasteiger partial charge in [0, 0.05) is 0 Å². The molecule has 0 radical (unpaired) electrons. The highest BCUT2D eigenvalue weighted by molar-refractivity contribution is 7.20. The molecule has 1 aromatic carbocycles. The average Bonchev–Trinajstić information content (AvgIpc) is 2.93. The van der Waals surface area contributed by atoms with Crippen molar-refractivity contribution in [3.05, 3.63) is 45.1 Å². The van der Waals surface area contributed by atoms with Crippen molar-refractivity contribution in [1.29, 1.82) is 0 Å². The van der Waals surface area contributed by atoms with Crippen LogP contribution in [0.1, 0.15) is 0 Å². The molecule has 3 aromatic rings. The lowest BCUT2D eigenvalue weighted by Crippen LogP contribution is -1.88. The first-order valence-electron chi connectivity index (χ1n) is 5.42. The molecule has 0 bridgehead atoms. The van der Waals surface area contributed by atoms with Crippen LogP contribution in [0, 0.1) is 0 Å². The fourth-order valence-electron chi connectivity index (χ4n) is 1.87. The quantitative estimate of drug-likeness (QED) is 0.728. The Kier molecular flexibility index (Phi) is 3.22. The summed E-state index contributed by atoms with van der Waals surface area (Å²) in [6.07, 6.45) is 0. The Labute approximate surface area is 123 Å². The smallest absolute Gasteiger partial charge is 0.179 e. The van der Waals surface area contributed by atoms with Gasteiger partial charge in [-0.25, -0.2) is 0 Å². The van der Waals surface area contributed by atoms with Crippen molar-refractivity contribution in [2.24, 2.45) is 0 Å². The van der Waals surface area contributed by atoms with Crippen molar-refractivity contribution in [3.63, 3.8) is 0 Å². The fraction of sp³-hybridized carbons (Fsp3) is 0. The number of hydrogen-bond donors (Lipinski definition) is 1. The van der Waals surface area contributed by atoms with E-state index in [4.69, 9.17) is 33.5 Å². The van der Waals surface area contributed by atoms with Crippen LogP contribution in [0.15, 0.2) is 40.9 Å². The summed E-state index contributed by atoms with van der Waals surface area (Å²) in [5.74, 6) is 0.872. The van der Waals surface area contributed by atoms with Gasteiger partial charge in [-0.05, 0) is 11.6 Å². The normalized spacial score (nSPS) is 10.8. The number of hydrogen-bond acceptors (Lipinski definition) is 4. The van der Waals surface area contributed by atoms with E-state index in [1.165, 1.54) is 11.3 Å². The van der Waals surface area contributed by atoms with Gasteiger partial charge >= 0.3 is 0 Å². The fourth-order valence-corrected chi connectivity index (χ4v) is 3.32. The molecule has 2 aromatic heterocycles. The van der Waals surface area contributed by atoms with Crippen molar-refractivity contribution in [3.8, 4) is 22.5 Å². The molecule has 0 unspecified atom stereocenters. The maximum Gasteiger partial charge on any atom is 0.179 e. The largest absolute Gasteiger partial charge is 0.380 e. The van der Waals surface area contributed by atoms with Crippen molar-refractivity contribution < 1.29 is 4.52 Å². The van der Waals surface area contributed by atoms with Gasteiger partial charge in [-0.1, -0.05) is 58.7 Å². The molecule has 0 aliphatic rings. The van der Waals surface area contributed by atoms with Gasteiger partial charge in [-0.3, -0.25) is 0 Å². The molecular formula is C13H8Cl2N2OS. The molecule has 2 heterocycles. The summed E-state index contributed by atoms with van der Waals surface area (Å²) in [4.78, 5) is 0. The van der Waals surface area contributed by atoms with Gasteiger partial charge in [0.1, 0.15) is 4.34 Å². The van der Waals surface area contributed by atoms with Crippen molar-refractivity contribution >= 4 is 40.4 Å². The lowest BCUT2D eigenvalue weighted by Gasteiger charge is -2.01. The topological polar surface area (TPSA) is 52.0 Å². The zero-order valence-electron chi connectivity index (χ0n) is 9.56. The number of nitrogens with two attached hydrogens (primary N) is 1. The van der Waals surface area contributed by atoms with Gasteiger partial charge in [-0.15, -0.1) is 11.3 Å². The Balaban J connectivity index is 2.22. The molecule has 0 atom stereocenters. The number of thiophene rings is 1. The zero-order chi connectivity index (χ0) is 13.4. The van der Waals surface area contributed by atoms with E-state index in [2.05, 4.69) is 5.16 Å². The van der Waals surface area contributed by atoms with E-state index in [1.807, 2.05) is 30.3 Å². The van der Waals surface area contributed by atoms with E-state index >= 15 is 0 Å². The summed E-state index contributed by atoms with van der Waals surface area (Å²) in [5.41, 5.74) is 8.26. The van der Waals surface area contributed by atoms with Gasteiger partial charge in [0.2, 0.25) is 0 Å². The second kappa shape index (κ2) is 4.89. The Hall–Kier alpha value is -1.49. The minimum atomic E-state index is 0.333. The molecule has 96 valence electrons. The number of nitrogen functional groups attached to an aromatic ring is 1. The van der Waals surface area contributed by atoms with Crippen molar-refractivity contribution in [2.45, 2.75) is 0 Å². The van der Waals surface area contributed by atoms with Gasteiger partial charge in [0.25, 0.3) is 0 Å². The van der Waals surface area contributed by atoms with Crippen LogP contribution in [0.2, 0.25) is 8.67 Å². The number of benzene rings is 1. The number of nitrogens with zero attached hydrogens (tertiary/aromatic N) is 1. The molecule has 3 rings (SSSR count). The second-order valence-electron chi connectivity index (χ2n) is 3.88. The molecule has 0 aliphatic carbocycles. The van der Waals surface area contributed by atoms with Crippen LogP contribution in [0.4, 0.5) is 5.82 Å². The summed E-state index contributed by atoms with van der Waals surface area (Å²) >= 11 is 13.4. The molecular weight excluding hydrogens is 303 g/mol. The highest BCUT2D eigenvalue weighted by atomic mass is 35.5. The second-order valence-corrected chi connectivity index (χ2v) is 6.16.